The van der Waals surface area contributed by atoms with Gasteiger partial charge in [-0.25, -0.2) is 0 Å². The van der Waals surface area contributed by atoms with Gasteiger partial charge in [-0.3, -0.25) is 4.79 Å². The lowest BCUT2D eigenvalue weighted by Gasteiger charge is -2.27. The molecular formula is C13H16Cl2O2. The zero-order valence-corrected chi connectivity index (χ0v) is 11.5. The second kappa shape index (κ2) is 5.74. The fourth-order valence-electron chi connectivity index (χ4n) is 1.92. The van der Waals surface area contributed by atoms with Crippen molar-refractivity contribution in [2.45, 2.75) is 33.1 Å². The van der Waals surface area contributed by atoms with E-state index in [9.17, 15) is 9.90 Å². The summed E-state index contributed by atoms with van der Waals surface area (Å²) in [5, 5.41) is 10.4. The lowest BCUT2D eigenvalue weighted by atomic mass is 9.77. The van der Waals surface area contributed by atoms with E-state index in [-0.39, 0.29) is 0 Å². The number of benzene rings is 1. The van der Waals surface area contributed by atoms with Crippen LogP contribution in [-0.2, 0) is 11.2 Å². The molecule has 0 saturated carbocycles. The fourth-order valence-corrected chi connectivity index (χ4v) is 2.45. The second-order valence-electron chi connectivity index (χ2n) is 4.17. The van der Waals surface area contributed by atoms with Gasteiger partial charge < -0.3 is 5.11 Å². The van der Waals surface area contributed by atoms with Crippen molar-refractivity contribution in [1.29, 1.82) is 0 Å². The second-order valence-corrected chi connectivity index (χ2v) is 4.98. The Morgan fingerprint density at radius 3 is 2.06 bits per heavy atom. The van der Waals surface area contributed by atoms with Crippen LogP contribution in [0.5, 0.6) is 0 Å². The lowest BCUT2D eigenvalue weighted by Crippen LogP contribution is -2.32. The Balaban J connectivity index is 3.14. The molecule has 0 bridgehead atoms. The Morgan fingerprint density at radius 1 is 1.24 bits per heavy atom. The van der Waals surface area contributed by atoms with Gasteiger partial charge in [0, 0.05) is 10.0 Å². The molecule has 17 heavy (non-hydrogen) atoms. The first kappa shape index (κ1) is 14.3. The third kappa shape index (κ3) is 2.93. The molecule has 1 N–H and O–H groups in total. The summed E-state index contributed by atoms with van der Waals surface area (Å²) in [6, 6.07) is 5.23. The predicted molar refractivity (Wildman–Crippen MR) is 70.8 cm³/mol. The molecule has 0 fully saturated rings. The van der Waals surface area contributed by atoms with Gasteiger partial charge in [0.05, 0.1) is 5.41 Å². The zero-order chi connectivity index (χ0) is 13.1. The maximum Gasteiger partial charge on any atom is 0.309 e. The molecule has 4 heteroatoms. The van der Waals surface area contributed by atoms with Crippen LogP contribution in [0.25, 0.3) is 0 Å². The molecule has 0 saturated heterocycles. The Bertz CT molecular complexity index is 392. The minimum Gasteiger partial charge on any atom is -0.481 e. The number of halogens is 2. The third-order valence-electron chi connectivity index (χ3n) is 3.38. The van der Waals surface area contributed by atoms with E-state index in [1.54, 1.807) is 18.2 Å². The van der Waals surface area contributed by atoms with Crippen molar-refractivity contribution in [3.05, 3.63) is 33.8 Å². The normalized spacial score (nSPS) is 11.5. The van der Waals surface area contributed by atoms with Gasteiger partial charge in [0.1, 0.15) is 0 Å². The monoisotopic (exact) mass is 274 g/mol. The highest BCUT2D eigenvalue weighted by atomic mass is 35.5. The van der Waals surface area contributed by atoms with Crippen molar-refractivity contribution in [1.82, 2.24) is 0 Å². The number of carboxylic acid groups (broad SMARTS) is 1. The molecule has 0 amide bonds. The fraction of sp³-hybridized carbons (Fsp3) is 0.462. The van der Waals surface area contributed by atoms with Crippen molar-refractivity contribution in [3.8, 4) is 0 Å². The van der Waals surface area contributed by atoms with Crippen LogP contribution in [0.3, 0.4) is 0 Å². The van der Waals surface area contributed by atoms with E-state index in [1.165, 1.54) is 0 Å². The van der Waals surface area contributed by atoms with Crippen molar-refractivity contribution >= 4 is 29.2 Å². The molecule has 1 aromatic rings. The summed E-state index contributed by atoms with van der Waals surface area (Å²) < 4.78 is 0. The highest BCUT2D eigenvalue weighted by Crippen LogP contribution is 2.36. The molecule has 0 unspecified atom stereocenters. The molecule has 2 nitrogen and oxygen atoms in total. The van der Waals surface area contributed by atoms with Crippen LogP contribution < -0.4 is 0 Å². The molecule has 0 radical (unpaired) electrons. The highest BCUT2D eigenvalue weighted by Gasteiger charge is 2.36. The third-order valence-corrected chi connectivity index (χ3v) is 4.09. The van der Waals surface area contributed by atoms with Gasteiger partial charge in [-0.15, -0.1) is 0 Å². The van der Waals surface area contributed by atoms with E-state index < -0.39 is 11.4 Å². The number of carbonyl (C=O) groups is 1. The number of aliphatic carboxylic acids is 1. The number of rotatable bonds is 5. The van der Waals surface area contributed by atoms with Gasteiger partial charge in [0.25, 0.3) is 0 Å². The molecule has 1 aromatic carbocycles. The molecule has 0 aliphatic carbocycles. The quantitative estimate of drug-likeness (QED) is 0.863. The standard InChI is InChI=1S/C13H16Cl2O2/c1-3-13(4-2,12(16)17)8-9-10(14)6-5-7-11(9)15/h5-7H,3-4,8H2,1-2H3,(H,16,17). The predicted octanol–water partition coefficient (Wildman–Crippen LogP) is 4.43. The SMILES string of the molecule is CCC(CC)(Cc1c(Cl)cccc1Cl)C(=O)O. The topological polar surface area (TPSA) is 37.3 Å². The highest BCUT2D eigenvalue weighted by molar-refractivity contribution is 6.36. The van der Waals surface area contributed by atoms with Gasteiger partial charge in [-0.2, -0.15) is 0 Å². The molecule has 94 valence electrons. The van der Waals surface area contributed by atoms with Crippen molar-refractivity contribution < 1.29 is 9.90 Å². The summed E-state index contributed by atoms with van der Waals surface area (Å²) in [7, 11) is 0. The van der Waals surface area contributed by atoms with Crippen LogP contribution in [0, 0.1) is 5.41 Å². The van der Waals surface area contributed by atoms with Crippen LogP contribution in [0.15, 0.2) is 18.2 Å². The van der Waals surface area contributed by atoms with Crippen molar-refractivity contribution in [2.75, 3.05) is 0 Å². The van der Waals surface area contributed by atoms with Crippen LogP contribution in [-0.4, -0.2) is 11.1 Å². The average Bonchev–Trinajstić information content (AvgIpc) is 2.29. The van der Waals surface area contributed by atoms with Gasteiger partial charge in [-0.05, 0) is 37.0 Å². The first-order chi connectivity index (χ1) is 7.96. The molecule has 0 aliphatic rings. The van der Waals surface area contributed by atoms with Gasteiger partial charge >= 0.3 is 5.97 Å². The van der Waals surface area contributed by atoms with Gasteiger partial charge in [-0.1, -0.05) is 43.1 Å². The van der Waals surface area contributed by atoms with E-state index in [0.717, 1.165) is 5.56 Å². The Kier molecular flexibility index (Phi) is 4.84. The first-order valence-corrected chi connectivity index (χ1v) is 6.38. The number of carboxylic acids is 1. The summed E-state index contributed by atoms with van der Waals surface area (Å²) in [4.78, 5) is 11.4. The lowest BCUT2D eigenvalue weighted by molar-refractivity contribution is -0.149. The Labute approximate surface area is 112 Å². The summed E-state index contributed by atoms with van der Waals surface area (Å²) in [5.74, 6) is -0.793. The van der Waals surface area contributed by atoms with Gasteiger partial charge in [0.2, 0.25) is 0 Å². The Morgan fingerprint density at radius 2 is 1.71 bits per heavy atom. The summed E-state index contributed by atoms with van der Waals surface area (Å²) in [6.45, 7) is 3.75. The minimum absolute atomic E-state index is 0.369. The van der Waals surface area contributed by atoms with E-state index in [0.29, 0.717) is 29.3 Å². The van der Waals surface area contributed by atoms with Crippen LogP contribution in [0.4, 0.5) is 0 Å². The van der Waals surface area contributed by atoms with E-state index >= 15 is 0 Å². The van der Waals surface area contributed by atoms with E-state index in [1.807, 2.05) is 13.8 Å². The van der Waals surface area contributed by atoms with Crippen LogP contribution in [0.2, 0.25) is 10.0 Å². The molecular weight excluding hydrogens is 259 g/mol. The molecule has 0 aromatic heterocycles. The maximum atomic E-state index is 11.4. The van der Waals surface area contributed by atoms with E-state index in [4.69, 9.17) is 23.2 Å². The Hall–Kier alpha value is -0.730. The summed E-state index contributed by atoms with van der Waals surface area (Å²) in [5.41, 5.74) is -0.0591. The minimum atomic E-state index is -0.793. The zero-order valence-electron chi connectivity index (χ0n) is 9.96. The average molecular weight is 275 g/mol. The molecule has 0 atom stereocenters. The maximum absolute atomic E-state index is 11.4. The number of hydrogen-bond acceptors (Lipinski definition) is 1. The smallest absolute Gasteiger partial charge is 0.309 e. The molecule has 1 rings (SSSR count). The first-order valence-electron chi connectivity index (χ1n) is 5.63. The molecule has 0 aliphatic heterocycles. The van der Waals surface area contributed by atoms with Crippen molar-refractivity contribution in [3.63, 3.8) is 0 Å². The van der Waals surface area contributed by atoms with Gasteiger partial charge in [0.15, 0.2) is 0 Å². The molecule has 0 spiro atoms. The van der Waals surface area contributed by atoms with E-state index in [2.05, 4.69) is 0 Å². The summed E-state index contributed by atoms with van der Waals surface area (Å²) >= 11 is 12.2. The number of hydrogen-bond donors (Lipinski definition) is 1. The van der Waals surface area contributed by atoms with Crippen LogP contribution >= 0.6 is 23.2 Å². The largest absolute Gasteiger partial charge is 0.481 e. The summed E-state index contributed by atoms with van der Waals surface area (Å²) in [6.07, 6.45) is 1.48. The van der Waals surface area contributed by atoms with Crippen molar-refractivity contribution in [2.24, 2.45) is 5.41 Å². The molecule has 0 heterocycles. The van der Waals surface area contributed by atoms with Crippen LogP contribution in [0.1, 0.15) is 32.3 Å².